The van der Waals surface area contributed by atoms with E-state index in [2.05, 4.69) is 21.3 Å². The Kier molecular flexibility index (Phi) is 16.4. The molecule has 19 heteroatoms. The first-order chi connectivity index (χ1) is 31.5. The summed E-state index contributed by atoms with van der Waals surface area (Å²) in [5, 5.41) is 20.6. The van der Waals surface area contributed by atoms with Gasteiger partial charge in [-0.1, -0.05) is 60.7 Å². The number of nitrogens with zero attached hydrogens (tertiary/aromatic N) is 4. The van der Waals surface area contributed by atoms with E-state index in [4.69, 9.17) is 4.74 Å². The molecule has 4 fully saturated rings. The number of benzene rings is 2. The lowest BCUT2D eigenvalue weighted by Gasteiger charge is -2.32. The molecule has 0 aliphatic carbocycles. The second-order valence-corrected chi connectivity index (χ2v) is 18.3. The van der Waals surface area contributed by atoms with Crippen LogP contribution in [-0.2, 0) is 55.9 Å². The van der Waals surface area contributed by atoms with E-state index in [1.165, 1.54) is 19.6 Å². The zero-order valence-electron chi connectivity index (χ0n) is 37.9. The summed E-state index contributed by atoms with van der Waals surface area (Å²) in [6.07, 6.45) is 2.72. The Hall–Kier alpha value is -6.53. The maximum atomic E-state index is 14.6. The van der Waals surface area contributed by atoms with Crippen LogP contribution in [0, 0.1) is 0 Å². The molecule has 6 rings (SSSR count). The lowest BCUT2D eigenvalue weighted by molar-refractivity contribution is -0.149. The van der Waals surface area contributed by atoms with E-state index >= 15 is 0 Å². The molecule has 4 aliphatic heterocycles. The Balaban J connectivity index is 1.10. The van der Waals surface area contributed by atoms with Crippen molar-refractivity contribution >= 4 is 53.4 Å². The monoisotopic (exact) mass is 914 g/mol. The smallest absolute Gasteiger partial charge is 0.408 e. The molecule has 2 aromatic rings. The third-order valence-corrected chi connectivity index (χ3v) is 12.4. The minimum Gasteiger partial charge on any atom is -0.480 e. The van der Waals surface area contributed by atoms with Crippen molar-refractivity contribution in [3.8, 4) is 0 Å². The summed E-state index contributed by atoms with van der Waals surface area (Å²) in [6, 6.07) is 12.1. The van der Waals surface area contributed by atoms with E-state index in [1.54, 1.807) is 45.0 Å². The molecule has 4 heterocycles. The zero-order chi connectivity index (χ0) is 47.5. The largest absolute Gasteiger partial charge is 0.480 e. The average Bonchev–Trinajstić information content (AvgIpc) is 4.14. The summed E-state index contributed by atoms with van der Waals surface area (Å²) in [7, 11) is 0. The van der Waals surface area contributed by atoms with Gasteiger partial charge in [0.25, 0.3) is 0 Å². The van der Waals surface area contributed by atoms with Crippen LogP contribution < -0.4 is 21.3 Å². The first-order valence-corrected chi connectivity index (χ1v) is 22.9. The van der Waals surface area contributed by atoms with Gasteiger partial charge in [-0.2, -0.15) is 0 Å². The van der Waals surface area contributed by atoms with Crippen molar-refractivity contribution < 1.29 is 53.0 Å². The summed E-state index contributed by atoms with van der Waals surface area (Å²) in [6.45, 7) is 5.26. The fraction of sp³-hybridized carbons (Fsp3) is 0.553. The molecular weight excluding hydrogens is 853 g/mol. The Bertz CT molecular complexity index is 2120. The van der Waals surface area contributed by atoms with Gasteiger partial charge in [0, 0.05) is 39.0 Å². The predicted octanol–water partition coefficient (Wildman–Crippen LogP) is 1.13. The number of likely N-dealkylation sites (tertiary alicyclic amines) is 4. The molecule has 0 radical (unpaired) electrons. The number of amides is 8. The van der Waals surface area contributed by atoms with Gasteiger partial charge < -0.3 is 50.7 Å². The Morgan fingerprint density at radius 2 is 0.939 bits per heavy atom. The number of rotatable bonds is 16. The van der Waals surface area contributed by atoms with Crippen LogP contribution in [0.3, 0.4) is 0 Å². The van der Waals surface area contributed by atoms with Crippen molar-refractivity contribution in [3.05, 3.63) is 71.8 Å². The molecular formula is C47H62N8O11. The molecule has 5 N–H and O–H groups in total. The standard InChI is InChI=1S/C47H62N8O11/c1-47(2,3)66-46(65)49-29-39(57)52-22-10-18-34(52)40(58)48-28-38(56)53-23-11-19-35(53)41(59)50-32(26-30-14-6-4-7-15-30)43(61)54-24-12-20-36(54)42(60)51-33(27-31-16-8-5-9-17-31)44(62)55-25-13-21-37(55)45(63)64/h4-9,14-17,32-37H,10-13,18-29H2,1-3H3,(H,48,58)(H,49,65)(H,50,59)(H,51,60)(H,63,64)/t32-,33-,34-,35-,36-,37-/m0/s1. The number of nitrogens with one attached hydrogen (secondary N) is 4. The van der Waals surface area contributed by atoms with Gasteiger partial charge in [-0.15, -0.1) is 0 Å². The second-order valence-electron chi connectivity index (χ2n) is 18.3. The van der Waals surface area contributed by atoms with Gasteiger partial charge in [-0.25, -0.2) is 9.59 Å². The van der Waals surface area contributed by atoms with Crippen LogP contribution in [0.15, 0.2) is 60.7 Å². The lowest BCUT2D eigenvalue weighted by Crippen LogP contribution is -2.59. The fourth-order valence-corrected chi connectivity index (χ4v) is 9.25. The van der Waals surface area contributed by atoms with Gasteiger partial charge in [-0.05, 0) is 83.3 Å². The molecule has 356 valence electrons. The van der Waals surface area contributed by atoms with Crippen LogP contribution in [-0.4, -0.2) is 159 Å². The molecule has 0 bridgehead atoms. The minimum absolute atomic E-state index is 0.0809. The highest BCUT2D eigenvalue weighted by Crippen LogP contribution is 2.24. The third-order valence-electron chi connectivity index (χ3n) is 12.4. The quantitative estimate of drug-likeness (QED) is 0.160. The van der Waals surface area contributed by atoms with Crippen LogP contribution in [0.2, 0.25) is 0 Å². The number of ether oxygens (including phenoxy) is 1. The van der Waals surface area contributed by atoms with Gasteiger partial charge in [-0.3, -0.25) is 33.6 Å². The summed E-state index contributed by atoms with van der Waals surface area (Å²) >= 11 is 0. The SMILES string of the molecule is CC(C)(C)OC(=O)NCC(=O)N1CCC[C@H]1C(=O)NCC(=O)N1CCC[C@H]1C(=O)N[C@@H](Cc1ccccc1)C(=O)N1CCC[C@H]1C(=O)N[C@@H](Cc1ccccc1)C(=O)N1CCC[C@H]1C(=O)O. The molecule has 6 atom stereocenters. The number of carbonyl (C=O) groups excluding carboxylic acids is 8. The van der Waals surface area contributed by atoms with Crippen LogP contribution in [0.1, 0.15) is 83.3 Å². The van der Waals surface area contributed by atoms with Crippen molar-refractivity contribution in [2.75, 3.05) is 39.3 Å². The predicted molar refractivity (Wildman–Crippen MR) is 238 cm³/mol. The molecule has 2 aromatic carbocycles. The molecule has 8 amide bonds. The first kappa shape index (κ1) is 48.9. The Morgan fingerprint density at radius 3 is 1.38 bits per heavy atom. The highest BCUT2D eigenvalue weighted by Gasteiger charge is 2.43. The number of hydrogen-bond donors (Lipinski definition) is 5. The Labute approximate surface area is 384 Å². The molecule has 4 aliphatic rings. The number of carboxylic acids is 1. The maximum absolute atomic E-state index is 14.6. The Morgan fingerprint density at radius 1 is 0.561 bits per heavy atom. The molecule has 0 unspecified atom stereocenters. The highest BCUT2D eigenvalue weighted by molar-refractivity contribution is 5.97. The molecule has 4 saturated heterocycles. The molecule has 0 saturated carbocycles. The molecule has 66 heavy (non-hydrogen) atoms. The van der Waals surface area contributed by atoms with Crippen molar-refractivity contribution in [2.45, 2.75) is 127 Å². The first-order valence-electron chi connectivity index (χ1n) is 22.9. The van der Waals surface area contributed by atoms with Crippen molar-refractivity contribution in [1.82, 2.24) is 40.9 Å². The molecule has 0 spiro atoms. The topological polar surface area (TPSA) is 244 Å². The van der Waals surface area contributed by atoms with Gasteiger partial charge in [0.15, 0.2) is 0 Å². The van der Waals surface area contributed by atoms with Gasteiger partial charge in [0.1, 0.15) is 48.4 Å². The summed E-state index contributed by atoms with van der Waals surface area (Å²) in [4.78, 5) is 126. The van der Waals surface area contributed by atoms with Crippen LogP contribution in [0.25, 0.3) is 0 Å². The van der Waals surface area contributed by atoms with Crippen LogP contribution in [0.5, 0.6) is 0 Å². The zero-order valence-corrected chi connectivity index (χ0v) is 37.9. The number of aliphatic carboxylic acids is 1. The fourth-order valence-electron chi connectivity index (χ4n) is 9.25. The average molecular weight is 915 g/mol. The number of carboxylic acid groups (broad SMARTS) is 1. The molecule has 0 aromatic heterocycles. The minimum atomic E-state index is -1.14. The van der Waals surface area contributed by atoms with E-state index in [0.29, 0.717) is 57.9 Å². The van der Waals surface area contributed by atoms with Gasteiger partial charge >= 0.3 is 12.1 Å². The number of alkyl carbamates (subject to hydrolysis) is 1. The molecule has 19 nitrogen and oxygen atoms in total. The van der Waals surface area contributed by atoms with Gasteiger partial charge in [0.05, 0.1) is 6.54 Å². The van der Waals surface area contributed by atoms with E-state index in [9.17, 15) is 48.3 Å². The number of carbonyl (C=O) groups is 9. The van der Waals surface area contributed by atoms with Gasteiger partial charge in [0.2, 0.25) is 41.4 Å². The lowest BCUT2D eigenvalue weighted by atomic mass is 10.0. The highest BCUT2D eigenvalue weighted by atomic mass is 16.6. The van der Waals surface area contributed by atoms with E-state index in [-0.39, 0.29) is 39.0 Å². The van der Waals surface area contributed by atoms with Crippen LogP contribution in [0.4, 0.5) is 4.79 Å². The third kappa shape index (κ3) is 12.6. The number of hydrogen-bond acceptors (Lipinski definition) is 10. The second kappa shape index (κ2) is 22.1. The van der Waals surface area contributed by atoms with E-state index in [1.807, 2.05) is 36.4 Å². The van der Waals surface area contributed by atoms with Crippen LogP contribution >= 0.6 is 0 Å². The summed E-state index contributed by atoms with van der Waals surface area (Å²) < 4.78 is 5.19. The van der Waals surface area contributed by atoms with E-state index < -0.39 is 102 Å². The van der Waals surface area contributed by atoms with Crippen molar-refractivity contribution in [1.29, 1.82) is 0 Å². The normalized spacial score (nSPS) is 21.4. The maximum Gasteiger partial charge on any atom is 0.408 e. The van der Waals surface area contributed by atoms with Crippen molar-refractivity contribution in [3.63, 3.8) is 0 Å². The summed E-state index contributed by atoms with van der Waals surface area (Å²) in [5.74, 6) is -4.82. The summed E-state index contributed by atoms with van der Waals surface area (Å²) in [5.41, 5.74) is 0.742. The van der Waals surface area contributed by atoms with Crippen molar-refractivity contribution in [2.24, 2.45) is 0 Å². The van der Waals surface area contributed by atoms with E-state index in [0.717, 1.165) is 11.1 Å².